The molecular weight excluding hydrogens is 242 g/mol. The van der Waals surface area contributed by atoms with Crippen LogP contribution in [-0.4, -0.2) is 38.9 Å². The number of aryl methyl sites for hydroxylation is 1. The molecule has 1 unspecified atom stereocenters. The van der Waals surface area contributed by atoms with E-state index in [1.165, 1.54) is 11.5 Å². The number of aliphatic hydroxyl groups is 1. The normalized spacial score (nSPS) is 13.3. The molecular formula is C10H19N3OS2. The summed E-state index contributed by atoms with van der Waals surface area (Å²) in [5.74, 6) is 1.80. The summed E-state index contributed by atoms with van der Waals surface area (Å²) >= 11 is 3.15. The fourth-order valence-corrected chi connectivity index (χ4v) is 3.09. The summed E-state index contributed by atoms with van der Waals surface area (Å²) in [5, 5.41) is 12.5. The first kappa shape index (κ1) is 13.9. The average Bonchev–Trinajstić information content (AvgIpc) is 2.62. The molecule has 1 aromatic rings. The second-order valence-corrected chi connectivity index (χ2v) is 6.04. The van der Waals surface area contributed by atoms with Crippen molar-refractivity contribution in [3.63, 3.8) is 0 Å². The van der Waals surface area contributed by atoms with E-state index >= 15 is 0 Å². The van der Waals surface area contributed by atoms with Crippen LogP contribution >= 0.6 is 23.3 Å². The quantitative estimate of drug-likeness (QED) is 0.732. The molecule has 0 bridgehead atoms. The lowest BCUT2D eigenvalue weighted by Gasteiger charge is -2.18. The Hall–Kier alpha value is -0.170. The molecule has 1 heterocycles. The molecule has 0 aliphatic carbocycles. The van der Waals surface area contributed by atoms with Crippen LogP contribution < -0.4 is 5.32 Å². The molecule has 6 heteroatoms. The van der Waals surface area contributed by atoms with Crippen LogP contribution in [-0.2, 0) is 0 Å². The molecule has 4 nitrogen and oxygen atoms in total. The lowest BCUT2D eigenvalue weighted by molar-refractivity contribution is 0.232. The van der Waals surface area contributed by atoms with Crippen molar-refractivity contribution in [1.29, 1.82) is 0 Å². The highest BCUT2D eigenvalue weighted by Gasteiger charge is 2.09. The van der Waals surface area contributed by atoms with Crippen LogP contribution in [0, 0.1) is 6.92 Å². The van der Waals surface area contributed by atoms with Crippen LogP contribution in [0.1, 0.15) is 26.1 Å². The second kappa shape index (κ2) is 7.21. The Bertz CT molecular complexity index is 304. The number of rotatable bonds is 7. The third-order valence-electron chi connectivity index (χ3n) is 1.99. The van der Waals surface area contributed by atoms with Crippen molar-refractivity contribution in [2.24, 2.45) is 0 Å². The van der Waals surface area contributed by atoms with E-state index in [9.17, 15) is 5.11 Å². The maximum Gasteiger partial charge on any atom is 0.170 e. The topological polar surface area (TPSA) is 58.0 Å². The van der Waals surface area contributed by atoms with E-state index in [1.54, 1.807) is 11.8 Å². The molecule has 0 fully saturated rings. The van der Waals surface area contributed by atoms with Crippen molar-refractivity contribution in [2.45, 2.75) is 43.6 Å². The van der Waals surface area contributed by atoms with Crippen LogP contribution in [0.15, 0.2) is 4.34 Å². The van der Waals surface area contributed by atoms with Gasteiger partial charge in [-0.2, -0.15) is 4.37 Å². The molecule has 0 aliphatic rings. The summed E-state index contributed by atoms with van der Waals surface area (Å²) in [5.41, 5.74) is 0. The Morgan fingerprint density at radius 2 is 2.25 bits per heavy atom. The number of nitrogens with zero attached hydrogens (tertiary/aromatic N) is 2. The Morgan fingerprint density at radius 1 is 1.50 bits per heavy atom. The van der Waals surface area contributed by atoms with Crippen molar-refractivity contribution >= 4 is 23.3 Å². The smallest absolute Gasteiger partial charge is 0.170 e. The fraction of sp³-hybridized carbons (Fsp3) is 0.800. The molecule has 0 saturated heterocycles. The van der Waals surface area contributed by atoms with Crippen molar-refractivity contribution in [1.82, 2.24) is 14.7 Å². The van der Waals surface area contributed by atoms with Gasteiger partial charge < -0.3 is 10.4 Å². The zero-order chi connectivity index (χ0) is 12.0. The second-order valence-electron chi connectivity index (χ2n) is 3.95. The first-order valence-electron chi connectivity index (χ1n) is 5.42. The summed E-state index contributed by atoms with van der Waals surface area (Å²) in [6, 6.07) is 0.590. The first-order valence-corrected chi connectivity index (χ1v) is 7.17. The van der Waals surface area contributed by atoms with Crippen LogP contribution in [0.25, 0.3) is 0 Å². The molecule has 0 saturated carbocycles. The molecule has 0 radical (unpaired) electrons. The molecule has 92 valence electrons. The van der Waals surface area contributed by atoms with E-state index in [-0.39, 0.29) is 12.6 Å². The van der Waals surface area contributed by atoms with Crippen molar-refractivity contribution in [2.75, 3.05) is 12.4 Å². The standard InChI is InChI=1S/C10H19N3OS2/c1-7(2)11-9(6-14)4-5-15-10-12-8(3)13-16-10/h7,9,11,14H,4-6H2,1-3H3. The minimum Gasteiger partial charge on any atom is -0.395 e. The van der Waals surface area contributed by atoms with Gasteiger partial charge in [-0.3, -0.25) is 0 Å². The molecule has 2 N–H and O–H groups in total. The molecule has 1 aromatic heterocycles. The van der Waals surface area contributed by atoms with Gasteiger partial charge >= 0.3 is 0 Å². The minimum atomic E-state index is 0.182. The molecule has 1 rings (SSSR count). The molecule has 1 atom stereocenters. The molecule has 16 heavy (non-hydrogen) atoms. The zero-order valence-electron chi connectivity index (χ0n) is 9.93. The van der Waals surface area contributed by atoms with Gasteiger partial charge in [-0.25, -0.2) is 4.98 Å². The largest absolute Gasteiger partial charge is 0.395 e. The van der Waals surface area contributed by atoms with E-state index in [4.69, 9.17) is 0 Å². The Morgan fingerprint density at radius 3 is 2.75 bits per heavy atom. The average molecular weight is 261 g/mol. The van der Waals surface area contributed by atoms with E-state index < -0.39 is 0 Å². The van der Waals surface area contributed by atoms with Crippen molar-refractivity contribution < 1.29 is 5.11 Å². The third kappa shape index (κ3) is 5.25. The Labute approximate surface area is 105 Å². The molecule has 0 amide bonds. The predicted molar refractivity (Wildman–Crippen MR) is 69.1 cm³/mol. The van der Waals surface area contributed by atoms with Gasteiger partial charge in [-0.05, 0) is 24.9 Å². The van der Waals surface area contributed by atoms with Gasteiger partial charge in [0.15, 0.2) is 4.34 Å². The lowest BCUT2D eigenvalue weighted by atomic mass is 10.2. The zero-order valence-corrected chi connectivity index (χ0v) is 11.6. The van der Waals surface area contributed by atoms with Crippen LogP contribution in [0.4, 0.5) is 0 Å². The Kier molecular flexibility index (Phi) is 6.26. The summed E-state index contributed by atoms with van der Waals surface area (Å²) in [7, 11) is 0. The highest BCUT2D eigenvalue weighted by Crippen LogP contribution is 2.20. The van der Waals surface area contributed by atoms with Crippen LogP contribution in [0.3, 0.4) is 0 Å². The van der Waals surface area contributed by atoms with Gasteiger partial charge in [-0.1, -0.05) is 25.6 Å². The van der Waals surface area contributed by atoms with E-state index in [2.05, 4.69) is 28.5 Å². The van der Waals surface area contributed by atoms with Gasteiger partial charge in [0.25, 0.3) is 0 Å². The van der Waals surface area contributed by atoms with E-state index in [1.807, 2.05) is 6.92 Å². The van der Waals surface area contributed by atoms with Crippen LogP contribution in [0.5, 0.6) is 0 Å². The van der Waals surface area contributed by atoms with Crippen molar-refractivity contribution in [3.8, 4) is 0 Å². The number of nitrogens with one attached hydrogen (secondary N) is 1. The fourth-order valence-electron chi connectivity index (χ4n) is 1.32. The first-order chi connectivity index (χ1) is 7.61. The lowest BCUT2D eigenvalue weighted by Crippen LogP contribution is -2.37. The minimum absolute atomic E-state index is 0.182. The molecule has 0 aromatic carbocycles. The van der Waals surface area contributed by atoms with Gasteiger partial charge in [0.05, 0.1) is 6.61 Å². The van der Waals surface area contributed by atoms with Crippen molar-refractivity contribution in [3.05, 3.63) is 5.82 Å². The number of hydrogen-bond donors (Lipinski definition) is 2. The van der Waals surface area contributed by atoms with Crippen LogP contribution in [0.2, 0.25) is 0 Å². The number of aromatic nitrogens is 2. The summed E-state index contributed by atoms with van der Waals surface area (Å²) < 4.78 is 5.14. The number of aliphatic hydroxyl groups excluding tert-OH is 1. The van der Waals surface area contributed by atoms with E-state index in [0.29, 0.717) is 6.04 Å². The highest BCUT2D eigenvalue weighted by molar-refractivity contribution is 8.00. The predicted octanol–water partition coefficient (Wildman–Crippen LogP) is 1.69. The highest BCUT2D eigenvalue weighted by atomic mass is 32.2. The number of thioether (sulfide) groups is 1. The number of hydrogen-bond acceptors (Lipinski definition) is 6. The van der Waals surface area contributed by atoms with Gasteiger partial charge in [-0.15, -0.1) is 0 Å². The van der Waals surface area contributed by atoms with Gasteiger partial charge in [0.1, 0.15) is 5.82 Å². The van der Waals surface area contributed by atoms with Gasteiger partial charge in [0, 0.05) is 17.8 Å². The molecule has 0 aliphatic heterocycles. The SMILES string of the molecule is Cc1nsc(SCCC(CO)NC(C)C)n1. The van der Waals surface area contributed by atoms with Gasteiger partial charge in [0.2, 0.25) is 0 Å². The summed E-state index contributed by atoms with van der Waals surface area (Å²) in [6.07, 6.45) is 0.942. The van der Waals surface area contributed by atoms with E-state index in [0.717, 1.165) is 22.3 Å². The third-order valence-corrected chi connectivity index (χ3v) is 3.95. The molecule has 0 spiro atoms. The monoisotopic (exact) mass is 261 g/mol. The Balaban J connectivity index is 2.23. The maximum absolute atomic E-state index is 9.18. The maximum atomic E-state index is 9.18. The summed E-state index contributed by atoms with van der Waals surface area (Å²) in [4.78, 5) is 4.28. The summed E-state index contributed by atoms with van der Waals surface area (Å²) in [6.45, 7) is 6.26.